The van der Waals surface area contributed by atoms with Gasteiger partial charge in [-0.1, -0.05) is 12.6 Å². The van der Waals surface area contributed by atoms with E-state index in [0.717, 1.165) is 77.7 Å². The Labute approximate surface area is 259 Å². The van der Waals surface area contributed by atoms with Crippen LogP contribution >= 0.6 is 0 Å². The highest BCUT2D eigenvalue weighted by molar-refractivity contribution is 6.04. The lowest BCUT2D eigenvalue weighted by molar-refractivity contribution is -0.519. The molecule has 0 N–H and O–H groups in total. The van der Waals surface area contributed by atoms with E-state index < -0.39 is 0 Å². The number of ether oxygens (including phenoxy) is 2. The Hall–Kier alpha value is -4.06. The van der Waals surface area contributed by atoms with Crippen molar-refractivity contribution in [3.63, 3.8) is 0 Å². The van der Waals surface area contributed by atoms with Gasteiger partial charge < -0.3 is 19.3 Å². The van der Waals surface area contributed by atoms with Crippen LogP contribution in [0.2, 0.25) is 0 Å². The van der Waals surface area contributed by atoms with Gasteiger partial charge in [-0.2, -0.15) is 0 Å². The monoisotopic (exact) mass is 584 g/mol. The first kappa shape index (κ1) is 33.4. The van der Waals surface area contributed by atoms with Crippen molar-refractivity contribution in [3.05, 3.63) is 95.1 Å². The number of allylic oxidation sites excluding steroid dienone is 5. The maximum absolute atomic E-state index is 11.9. The molecular weight excluding hydrogens is 534 g/mol. The number of aryl methyl sites for hydroxylation is 1. The van der Waals surface area contributed by atoms with Crippen LogP contribution in [-0.2, 0) is 9.53 Å². The lowest BCUT2D eigenvalue weighted by Gasteiger charge is -2.26. The molecule has 6 heteroatoms. The van der Waals surface area contributed by atoms with E-state index in [2.05, 4.69) is 123 Å². The van der Waals surface area contributed by atoms with Crippen LogP contribution in [0.5, 0.6) is 5.75 Å². The summed E-state index contributed by atoms with van der Waals surface area (Å²) < 4.78 is 13.8. The van der Waals surface area contributed by atoms with Crippen LogP contribution < -0.4 is 14.5 Å². The normalized spacial score (nSPS) is 12.3. The molecule has 0 unspecified atom stereocenters. The fraction of sp³-hybridized carbons (Fsp3) is 0.405. The maximum Gasteiger partial charge on any atom is 0.333 e. The molecule has 0 fully saturated rings. The summed E-state index contributed by atoms with van der Waals surface area (Å²) >= 11 is 0. The molecule has 0 bridgehead atoms. The van der Waals surface area contributed by atoms with E-state index in [1.54, 1.807) is 14.0 Å². The fourth-order valence-corrected chi connectivity index (χ4v) is 5.52. The molecule has 2 aromatic carbocycles. The lowest BCUT2D eigenvalue weighted by Crippen LogP contribution is -2.28. The molecule has 0 saturated carbocycles. The largest absolute Gasteiger partial charge is 0.496 e. The lowest BCUT2D eigenvalue weighted by atomic mass is 9.87. The Morgan fingerprint density at radius 2 is 1.42 bits per heavy atom. The molecule has 230 valence electrons. The number of likely N-dealkylation sites (N-methyl/N-ethyl adjacent to an activating group) is 1. The van der Waals surface area contributed by atoms with Crippen LogP contribution in [0.3, 0.4) is 0 Å². The smallest absolute Gasteiger partial charge is 0.333 e. The number of methoxy groups -OCH3 is 1. The summed E-state index contributed by atoms with van der Waals surface area (Å²) in [6.07, 6.45) is 8.88. The average Bonchev–Trinajstić information content (AvgIpc) is 3.02. The zero-order valence-corrected chi connectivity index (χ0v) is 27.5. The van der Waals surface area contributed by atoms with E-state index in [0.29, 0.717) is 18.7 Å². The minimum absolute atomic E-state index is 0.312. The Bertz CT molecular complexity index is 1400. The molecular formula is C37H50N3O3+. The van der Waals surface area contributed by atoms with E-state index in [4.69, 9.17) is 9.47 Å². The molecule has 0 heterocycles. The van der Waals surface area contributed by atoms with Crippen molar-refractivity contribution in [3.8, 4) is 5.75 Å². The van der Waals surface area contributed by atoms with E-state index in [1.165, 1.54) is 5.71 Å². The summed E-state index contributed by atoms with van der Waals surface area (Å²) in [4.78, 5) is 16.4. The summed E-state index contributed by atoms with van der Waals surface area (Å²) in [6, 6.07) is 13.1. The van der Waals surface area contributed by atoms with Gasteiger partial charge in [-0.3, -0.25) is 0 Å². The number of carbonyl (C=O) groups excluding carboxylic acids is 1. The first-order chi connectivity index (χ1) is 20.7. The van der Waals surface area contributed by atoms with Crippen molar-refractivity contribution in [2.24, 2.45) is 0 Å². The standard InChI is InChI=1S/C37H50N3O3/c1-10-38(11-2)30-17-15-29(16-18-30)36(34-22-20-32(26-35(34)42-9)39(12-3)13-4)33-21-19-31(25-28(33)8)40(14-5)23-24-43-37(41)27(6)7/h15-22,25-26H,6,10-14,23-24H2,1-5,7-9H3/q+1. The molecule has 0 saturated heterocycles. The van der Waals surface area contributed by atoms with Crippen LogP contribution in [-0.4, -0.2) is 69.2 Å². The summed E-state index contributed by atoms with van der Waals surface area (Å²) in [5.74, 6) is 0.500. The quantitative estimate of drug-likeness (QED) is 0.133. The van der Waals surface area contributed by atoms with Gasteiger partial charge in [-0.15, -0.1) is 0 Å². The van der Waals surface area contributed by atoms with Gasteiger partial charge in [0, 0.05) is 65.9 Å². The van der Waals surface area contributed by atoms with Crippen molar-refractivity contribution in [1.29, 1.82) is 0 Å². The summed E-state index contributed by atoms with van der Waals surface area (Å²) in [5.41, 5.74) is 9.52. The summed E-state index contributed by atoms with van der Waals surface area (Å²) in [6.45, 7) is 23.9. The third-order valence-electron chi connectivity index (χ3n) is 8.04. The molecule has 6 nitrogen and oxygen atoms in total. The number of anilines is 2. The zero-order valence-electron chi connectivity index (χ0n) is 27.5. The van der Waals surface area contributed by atoms with Crippen LogP contribution in [0.1, 0.15) is 58.2 Å². The van der Waals surface area contributed by atoms with E-state index in [-0.39, 0.29) is 5.97 Å². The molecule has 1 aliphatic rings. The summed E-state index contributed by atoms with van der Waals surface area (Å²) in [7, 11) is 1.75. The Balaban J connectivity index is 2.12. The molecule has 2 aromatic rings. The van der Waals surface area contributed by atoms with Gasteiger partial charge >= 0.3 is 5.97 Å². The van der Waals surface area contributed by atoms with Crippen molar-refractivity contribution in [2.45, 2.75) is 48.5 Å². The molecule has 0 aliphatic heterocycles. The molecule has 0 aromatic heterocycles. The Morgan fingerprint density at radius 3 is 1.93 bits per heavy atom. The minimum atomic E-state index is -0.352. The minimum Gasteiger partial charge on any atom is -0.496 e. The Morgan fingerprint density at radius 1 is 0.837 bits per heavy atom. The number of hydrogen-bond donors (Lipinski definition) is 0. The summed E-state index contributed by atoms with van der Waals surface area (Å²) in [5, 5.41) is 0. The van der Waals surface area contributed by atoms with Gasteiger partial charge in [0.2, 0.25) is 0 Å². The number of hydrogen-bond acceptors (Lipinski definition) is 5. The van der Waals surface area contributed by atoms with Crippen molar-refractivity contribution in [2.75, 3.05) is 62.8 Å². The van der Waals surface area contributed by atoms with Crippen molar-refractivity contribution < 1.29 is 18.8 Å². The first-order valence-electron chi connectivity index (χ1n) is 15.6. The second-order valence-electron chi connectivity index (χ2n) is 10.6. The van der Waals surface area contributed by atoms with Gasteiger partial charge in [0.05, 0.1) is 13.7 Å². The van der Waals surface area contributed by atoms with Gasteiger partial charge in [-0.25, -0.2) is 9.37 Å². The van der Waals surface area contributed by atoms with Crippen molar-refractivity contribution in [1.82, 2.24) is 0 Å². The second kappa shape index (κ2) is 16.0. The molecule has 1 aliphatic carbocycles. The zero-order chi connectivity index (χ0) is 31.5. The molecule has 0 radical (unpaired) electrons. The highest BCUT2D eigenvalue weighted by atomic mass is 16.5. The molecule has 3 rings (SSSR count). The third-order valence-corrected chi connectivity index (χ3v) is 8.04. The van der Waals surface area contributed by atoms with Gasteiger partial charge in [0.1, 0.15) is 25.4 Å². The predicted molar refractivity (Wildman–Crippen MR) is 182 cm³/mol. The highest BCUT2D eigenvalue weighted by Gasteiger charge is 2.20. The van der Waals surface area contributed by atoms with E-state index in [1.807, 2.05) is 0 Å². The van der Waals surface area contributed by atoms with Gasteiger partial charge in [-0.05, 0) is 102 Å². The van der Waals surface area contributed by atoms with E-state index >= 15 is 0 Å². The molecule has 0 amide bonds. The predicted octanol–water partition coefficient (Wildman–Crippen LogP) is 7.22. The maximum atomic E-state index is 11.9. The third kappa shape index (κ3) is 8.07. The fourth-order valence-electron chi connectivity index (χ4n) is 5.52. The average molecular weight is 585 g/mol. The van der Waals surface area contributed by atoms with Crippen LogP contribution in [0.4, 0.5) is 11.4 Å². The number of esters is 1. The molecule has 0 spiro atoms. The molecule has 0 atom stereocenters. The van der Waals surface area contributed by atoms with Crippen LogP contribution in [0.15, 0.2) is 78.4 Å². The Kier molecular flexibility index (Phi) is 12.4. The topological polar surface area (TPSA) is 45.0 Å². The number of benzene rings is 2. The molecule has 43 heavy (non-hydrogen) atoms. The van der Waals surface area contributed by atoms with Crippen LogP contribution in [0, 0.1) is 6.92 Å². The number of rotatable bonds is 14. The van der Waals surface area contributed by atoms with Gasteiger partial charge in [0.15, 0.2) is 5.71 Å². The SMILES string of the molecule is C=C(C)C(=O)OCCN(CC)c1ccc(C(=C2C=CC(=[N+](CC)CC)C=C2)c2ccc(N(CC)CC)cc2OC)c(C)c1. The number of carbonyl (C=O) groups is 1. The second-order valence-corrected chi connectivity index (χ2v) is 10.6. The first-order valence-corrected chi connectivity index (χ1v) is 15.6. The van der Waals surface area contributed by atoms with E-state index in [9.17, 15) is 4.79 Å². The number of nitrogens with zero attached hydrogens (tertiary/aromatic N) is 3. The van der Waals surface area contributed by atoms with Crippen molar-refractivity contribution >= 4 is 28.6 Å². The van der Waals surface area contributed by atoms with Crippen LogP contribution in [0.25, 0.3) is 5.57 Å². The highest BCUT2D eigenvalue weighted by Crippen LogP contribution is 2.39. The van der Waals surface area contributed by atoms with Gasteiger partial charge in [0.25, 0.3) is 0 Å².